The van der Waals surface area contributed by atoms with Crippen LogP contribution in [-0.4, -0.2) is 21.6 Å². The minimum absolute atomic E-state index is 0.322. The van der Waals surface area contributed by atoms with Crippen molar-refractivity contribution in [1.29, 1.82) is 0 Å². The van der Waals surface area contributed by atoms with E-state index in [0.717, 1.165) is 32.7 Å². The SMILES string of the molecule is COCc1cccc(-n2c(CCl)nc3cc(Br)cnc32)c1. The number of nitrogens with zero attached hydrogens (tertiary/aromatic N) is 3. The lowest BCUT2D eigenvalue weighted by atomic mass is 10.2. The largest absolute Gasteiger partial charge is 0.380 e. The summed E-state index contributed by atoms with van der Waals surface area (Å²) in [5.41, 5.74) is 3.69. The van der Waals surface area contributed by atoms with E-state index in [2.05, 4.69) is 32.0 Å². The van der Waals surface area contributed by atoms with Crippen molar-refractivity contribution >= 4 is 38.7 Å². The molecular weight excluding hydrogens is 354 g/mol. The number of rotatable bonds is 4. The van der Waals surface area contributed by atoms with Crippen molar-refractivity contribution in [2.45, 2.75) is 12.5 Å². The molecule has 0 spiro atoms. The fourth-order valence-corrected chi connectivity index (χ4v) is 2.80. The summed E-state index contributed by atoms with van der Waals surface area (Å²) in [7, 11) is 1.68. The van der Waals surface area contributed by atoms with Crippen LogP contribution in [0, 0.1) is 0 Å². The Balaban J connectivity index is 2.20. The summed E-state index contributed by atoms with van der Waals surface area (Å²) >= 11 is 9.46. The smallest absolute Gasteiger partial charge is 0.164 e. The summed E-state index contributed by atoms with van der Waals surface area (Å²) in [5.74, 6) is 1.09. The van der Waals surface area contributed by atoms with Crippen LogP contribution in [0.3, 0.4) is 0 Å². The Hall–Kier alpha value is -1.43. The fraction of sp³-hybridized carbons (Fsp3) is 0.200. The number of pyridine rings is 1. The van der Waals surface area contributed by atoms with E-state index in [1.54, 1.807) is 13.3 Å². The minimum atomic E-state index is 0.322. The zero-order chi connectivity index (χ0) is 14.8. The van der Waals surface area contributed by atoms with E-state index >= 15 is 0 Å². The first kappa shape index (κ1) is 14.5. The summed E-state index contributed by atoms with van der Waals surface area (Å²) in [6, 6.07) is 10.0. The molecule has 0 saturated carbocycles. The molecule has 0 amide bonds. The maximum absolute atomic E-state index is 6.05. The van der Waals surface area contributed by atoms with E-state index in [4.69, 9.17) is 16.3 Å². The number of aromatic nitrogens is 3. The molecule has 3 rings (SSSR count). The molecule has 21 heavy (non-hydrogen) atoms. The van der Waals surface area contributed by atoms with Crippen LogP contribution >= 0.6 is 27.5 Å². The van der Waals surface area contributed by atoms with Crippen LogP contribution in [-0.2, 0) is 17.2 Å². The first-order valence-electron chi connectivity index (χ1n) is 6.40. The van der Waals surface area contributed by atoms with Gasteiger partial charge < -0.3 is 4.74 Å². The second-order valence-electron chi connectivity index (χ2n) is 4.60. The van der Waals surface area contributed by atoms with Gasteiger partial charge in [0.15, 0.2) is 5.65 Å². The molecule has 1 aromatic carbocycles. The molecule has 4 nitrogen and oxygen atoms in total. The highest BCUT2D eigenvalue weighted by Gasteiger charge is 2.13. The number of ether oxygens (including phenoxy) is 1. The van der Waals surface area contributed by atoms with Gasteiger partial charge in [-0.25, -0.2) is 9.97 Å². The predicted molar refractivity (Wildman–Crippen MR) is 86.8 cm³/mol. The zero-order valence-corrected chi connectivity index (χ0v) is 13.7. The lowest BCUT2D eigenvalue weighted by Crippen LogP contribution is -2.01. The lowest BCUT2D eigenvalue weighted by Gasteiger charge is -2.09. The third kappa shape index (κ3) is 2.81. The molecular formula is C15H13BrClN3O. The highest BCUT2D eigenvalue weighted by atomic mass is 79.9. The van der Waals surface area contributed by atoms with Crippen molar-refractivity contribution in [2.24, 2.45) is 0 Å². The number of hydrogen-bond donors (Lipinski definition) is 0. The van der Waals surface area contributed by atoms with Crippen molar-refractivity contribution in [2.75, 3.05) is 7.11 Å². The molecule has 0 fully saturated rings. The number of alkyl halides is 1. The highest BCUT2D eigenvalue weighted by Crippen LogP contribution is 2.24. The molecule has 0 aliphatic carbocycles. The Kier molecular flexibility index (Phi) is 4.24. The molecule has 0 radical (unpaired) electrons. The Morgan fingerprint density at radius 1 is 1.33 bits per heavy atom. The van der Waals surface area contributed by atoms with Gasteiger partial charge >= 0.3 is 0 Å². The van der Waals surface area contributed by atoms with Crippen molar-refractivity contribution in [3.63, 3.8) is 0 Å². The van der Waals surface area contributed by atoms with Gasteiger partial charge in [0.25, 0.3) is 0 Å². The van der Waals surface area contributed by atoms with Gasteiger partial charge in [-0.15, -0.1) is 11.6 Å². The Morgan fingerprint density at radius 3 is 2.95 bits per heavy atom. The molecule has 0 unspecified atom stereocenters. The van der Waals surface area contributed by atoms with Gasteiger partial charge in [-0.05, 0) is 39.7 Å². The minimum Gasteiger partial charge on any atom is -0.380 e. The van der Waals surface area contributed by atoms with Crippen molar-refractivity contribution < 1.29 is 4.74 Å². The van der Waals surface area contributed by atoms with Gasteiger partial charge in [0, 0.05) is 23.5 Å². The molecule has 2 heterocycles. The average molecular weight is 367 g/mol. The number of imidazole rings is 1. The summed E-state index contributed by atoms with van der Waals surface area (Å²) < 4.78 is 8.06. The Bertz CT molecular complexity index is 788. The molecule has 0 N–H and O–H groups in total. The summed E-state index contributed by atoms with van der Waals surface area (Å²) in [4.78, 5) is 9.02. The number of halogens is 2. The van der Waals surface area contributed by atoms with Crippen LogP contribution in [0.25, 0.3) is 16.9 Å². The second-order valence-corrected chi connectivity index (χ2v) is 5.78. The number of fused-ring (bicyclic) bond motifs is 1. The second kappa shape index (κ2) is 6.13. The standard InChI is InChI=1S/C15H13BrClN3O/c1-21-9-10-3-2-4-12(5-10)20-14(7-17)19-13-6-11(16)8-18-15(13)20/h2-6,8H,7,9H2,1H3. The van der Waals surface area contributed by atoms with Gasteiger partial charge in [-0.1, -0.05) is 12.1 Å². The van der Waals surface area contributed by atoms with Gasteiger partial charge in [-0.2, -0.15) is 0 Å². The van der Waals surface area contributed by atoms with Crippen LogP contribution in [0.15, 0.2) is 41.0 Å². The first-order chi connectivity index (χ1) is 10.2. The van der Waals surface area contributed by atoms with E-state index in [1.165, 1.54) is 0 Å². The molecule has 108 valence electrons. The zero-order valence-electron chi connectivity index (χ0n) is 11.4. The highest BCUT2D eigenvalue weighted by molar-refractivity contribution is 9.10. The van der Waals surface area contributed by atoms with E-state index < -0.39 is 0 Å². The number of methoxy groups -OCH3 is 1. The maximum atomic E-state index is 6.05. The molecule has 0 saturated heterocycles. The van der Waals surface area contributed by atoms with Gasteiger partial charge in [0.05, 0.1) is 12.5 Å². The lowest BCUT2D eigenvalue weighted by molar-refractivity contribution is 0.185. The van der Waals surface area contributed by atoms with E-state index in [0.29, 0.717) is 12.5 Å². The van der Waals surface area contributed by atoms with Crippen LogP contribution in [0.4, 0.5) is 0 Å². The third-order valence-corrected chi connectivity index (χ3v) is 3.81. The van der Waals surface area contributed by atoms with Crippen LogP contribution in [0.2, 0.25) is 0 Å². The van der Waals surface area contributed by atoms with Gasteiger partial charge in [0.1, 0.15) is 11.3 Å². The van der Waals surface area contributed by atoms with Crippen molar-refractivity contribution in [3.05, 3.63) is 52.4 Å². The molecule has 0 aliphatic heterocycles. The first-order valence-corrected chi connectivity index (χ1v) is 7.73. The van der Waals surface area contributed by atoms with Crippen LogP contribution in [0.5, 0.6) is 0 Å². The third-order valence-electron chi connectivity index (χ3n) is 3.13. The fourth-order valence-electron chi connectivity index (χ4n) is 2.30. The van der Waals surface area contributed by atoms with E-state index in [1.807, 2.05) is 28.8 Å². The predicted octanol–water partition coefficient (Wildman–Crippen LogP) is 4.07. The molecule has 0 atom stereocenters. The van der Waals surface area contributed by atoms with Crippen LogP contribution < -0.4 is 0 Å². The Morgan fingerprint density at radius 2 is 2.19 bits per heavy atom. The topological polar surface area (TPSA) is 39.9 Å². The van der Waals surface area contributed by atoms with Crippen molar-refractivity contribution in [1.82, 2.24) is 14.5 Å². The number of benzene rings is 1. The normalized spacial score (nSPS) is 11.2. The molecule has 6 heteroatoms. The summed E-state index contributed by atoms with van der Waals surface area (Å²) in [5, 5.41) is 0. The molecule has 0 aliphatic rings. The number of hydrogen-bond acceptors (Lipinski definition) is 3. The van der Waals surface area contributed by atoms with Gasteiger partial charge in [0.2, 0.25) is 0 Å². The molecule has 2 aromatic heterocycles. The average Bonchev–Trinajstić information content (AvgIpc) is 2.85. The quantitative estimate of drug-likeness (QED) is 0.654. The van der Waals surface area contributed by atoms with Crippen molar-refractivity contribution in [3.8, 4) is 5.69 Å². The molecule has 3 aromatic rings. The van der Waals surface area contributed by atoms with E-state index in [9.17, 15) is 0 Å². The summed E-state index contributed by atoms with van der Waals surface area (Å²) in [6.45, 7) is 0.565. The Labute approximate surface area is 135 Å². The summed E-state index contributed by atoms with van der Waals surface area (Å²) in [6.07, 6.45) is 1.76. The van der Waals surface area contributed by atoms with E-state index in [-0.39, 0.29) is 0 Å². The maximum Gasteiger partial charge on any atom is 0.164 e. The monoisotopic (exact) mass is 365 g/mol. The van der Waals surface area contributed by atoms with Crippen LogP contribution in [0.1, 0.15) is 11.4 Å². The molecule has 0 bridgehead atoms. The van der Waals surface area contributed by atoms with Gasteiger partial charge in [-0.3, -0.25) is 4.57 Å².